The number of nitrogens with zero attached hydrogens (tertiary/aromatic N) is 2. The van der Waals surface area contributed by atoms with Crippen molar-refractivity contribution in [1.82, 2.24) is 10.2 Å². The Labute approximate surface area is 128 Å². The zero-order valence-corrected chi connectivity index (χ0v) is 12.3. The largest absolute Gasteiger partial charge is 0.480 e. The van der Waals surface area contributed by atoms with Gasteiger partial charge in [0, 0.05) is 36.9 Å². The predicted octanol–water partition coefficient (Wildman–Crippen LogP) is 0.663. The molecular formula is C14H18ClN3O3. The summed E-state index contributed by atoms with van der Waals surface area (Å²) in [6, 6.07) is 6.67. The topological polar surface area (TPSA) is 72.9 Å². The maximum Gasteiger partial charge on any atom is 0.323 e. The quantitative estimate of drug-likeness (QED) is 0.836. The second-order valence-corrected chi connectivity index (χ2v) is 5.32. The molecule has 0 aromatic heterocycles. The lowest BCUT2D eigenvalue weighted by Crippen LogP contribution is -2.49. The van der Waals surface area contributed by atoms with E-state index in [4.69, 9.17) is 16.7 Å². The summed E-state index contributed by atoms with van der Waals surface area (Å²) in [5, 5.41) is 12.7. The van der Waals surface area contributed by atoms with Crippen LogP contribution in [0.2, 0.25) is 5.02 Å². The van der Waals surface area contributed by atoms with Crippen LogP contribution < -0.4 is 10.2 Å². The minimum absolute atomic E-state index is 0.210. The van der Waals surface area contributed by atoms with Gasteiger partial charge in [-0.25, -0.2) is 0 Å². The molecule has 21 heavy (non-hydrogen) atoms. The van der Waals surface area contributed by atoms with E-state index in [1.807, 2.05) is 4.90 Å². The SMILES string of the molecule is O=C(O)CN(C(=O)CN1CCNCC1)c1cccc(Cl)c1. The molecule has 0 saturated carbocycles. The molecule has 2 rings (SSSR count). The smallest absolute Gasteiger partial charge is 0.323 e. The molecule has 1 aliphatic heterocycles. The van der Waals surface area contributed by atoms with E-state index >= 15 is 0 Å². The van der Waals surface area contributed by atoms with E-state index in [0.29, 0.717) is 10.7 Å². The van der Waals surface area contributed by atoms with Gasteiger partial charge in [-0.3, -0.25) is 14.5 Å². The summed E-state index contributed by atoms with van der Waals surface area (Å²) in [5.41, 5.74) is 0.505. The van der Waals surface area contributed by atoms with Crippen molar-refractivity contribution in [3.05, 3.63) is 29.3 Å². The molecule has 0 atom stereocenters. The molecule has 1 aromatic rings. The van der Waals surface area contributed by atoms with Crippen molar-refractivity contribution in [2.45, 2.75) is 0 Å². The lowest BCUT2D eigenvalue weighted by atomic mass is 10.2. The zero-order chi connectivity index (χ0) is 15.2. The van der Waals surface area contributed by atoms with E-state index in [1.54, 1.807) is 24.3 Å². The van der Waals surface area contributed by atoms with Crippen molar-refractivity contribution >= 4 is 29.2 Å². The van der Waals surface area contributed by atoms with Crippen LogP contribution in [0.4, 0.5) is 5.69 Å². The van der Waals surface area contributed by atoms with Crippen molar-refractivity contribution in [2.24, 2.45) is 0 Å². The van der Waals surface area contributed by atoms with Crippen LogP contribution in [0.5, 0.6) is 0 Å². The molecule has 0 spiro atoms. The molecule has 0 unspecified atom stereocenters. The molecule has 2 N–H and O–H groups in total. The Morgan fingerprint density at radius 1 is 1.33 bits per heavy atom. The van der Waals surface area contributed by atoms with Gasteiger partial charge in [-0.1, -0.05) is 17.7 Å². The first-order chi connectivity index (χ1) is 10.1. The summed E-state index contributed by atoms with van der Waals surface area (Å²) in [6.07, 6.45) is 0. The fourth-order valence-corrected chi connectivity index (χ4v) is 2.43. The van der Waals surface area contributed by atoms with Gasteiger partial charge < -0.3 is 15.3 Å². The highest BCUT2D eigenvalue weighted by Gasteiger charge is 2.22. The third kappa shape index (κ3) is 4.70. The first kappa shape index (κ1) is 15.8. The first-order valence-corrected chi connectivity index (χ1v) is 7.15. The Bertz CT molecular complexity index is 518. The molecule has 114 valence electrons. The summed E-state index contributed by atoms with van der Waals surface area (Å²) in [7, 11) is 0. The second kappa shape index (κ2) is 7.40. The number of hydrogen-bond acceptors (Lipinski definition) is 4. The average Bonchev–Trinajstić information content (AvgIpc) is 2.45. The van der Waals surface area contributed by atoms with Gasteiger partial charge in [0.2, 0.25) is 5.91 Å². The summed E-state index contributed by atoms with van der Waals surface area (Å²) >= 11 is 5.92. The third-order valence-corrected chi connectivity index (χ3v) is 3.52. The molecule has 0 aliphatic carbocycles. The van der Waals surface area contributed by atoms with Crippen molar-refractivity contribution in [3.8, 4) is 0 Å². The van der Waals surface area contributed by atoms with E-state index in [9.17, 15) is 9.59 Å². The van der Waals surface area contributed by atoms with Crippen molar-refractivity contribution in [1.29, 1.82) is 0 Å². The molecule has 1 fully saturated rings. The Morgan fingerprint density at radius 2 is 2.05 bits per heavy atom. The number of hydrogen-bond donors (Lipinski definition) is 2. The fourth-order valence-electron chi connectivity index (χ4n) is 2.25. The van der Waals surface area contributed by atoms with Crippen LogP contribution in [0.3, 0.4) is 0 Å². The summed E-state index contributed by atoms with van der Waals surface area (Å²) in [4.78, 5) is 26.7. The van der Waals surface area contributed by atoms with Gasteiger partial charge >= 0.3 is 5.97 Å². The maximum absolute atomic E-state index is 12.4. The van der Waals surface area contributed by atoms with Gasteiger partial charge in [-0.05, 0) is 18.2 Å². The van der Waals surface area contributed by atoms with Crippen LogP contribution in [0, 0.1) is 0 Å². The van der Waals surface area contributed by atoms with Gasteiger partial charge in [0.05, 0.1) is 6.54 Å². The summed E-state index contributed by atoms with van der Waals surface area (Å²) in [6.45, 7) is 3.07. The number of carboxylic acid groups (broad SMARTS) is 1. The number of halogens is 1. The molecular weight excluding hydrogens is 294 g/mol. The lowest BCUT2D eigenvalue weighted by Gasteiger charge is -2.29. The molecule has 0 bridgehead atoms. The van der Waals surface area contributed by atoms with Crippen LogP contribution in [0.25, 0.3) is 0 Å². The van der Waals surface area contributed by atoms with Crippen molar-refractivity contribution in [2.75, 3.05) is 44.2 Å². The molecule has 6 nitrogen and oxygen atoms in total. The maximum atomic E-state index is 12.4. The number of carbonyl (C=O) groups is 2. The number of carbonyl (C=O) groups excluding carboxylic acids is 1. The highest BCUT2D eigenvalue weighted by molar-refractivity contribution is 6.30. The molecule has 7 heteroatoms. The van der Waals surface area contributed by atoms with E-state index < -0.39 is 5.97 Å². The van der Waals surface area contributed by atoms with Crippen molar-refractivity contribution < 1.29 is 14.7 Å². The number of nitrogens with one attached hydrogen (secondary N) is 1. The zero-order valence-electron chi connectivity index (χ0n) is 11.6. The molecule has 1 amide bonds. The lowest BCUT2D eigenvalue weighted by molar-refractivity contribution is -0.136. The van der Waals surface area contributed by atoms with Gasteiger partial charge in [0.15, 0.2) is 0 Å². The van der Waals surface area contributed by atoms with Crippen LogP contribution in [-0.4, -0.2) is 61.2 Å². The molecule has 1 heterocycles. The monoisotopic (exact) mass is 311 g/mol. The highest BCUT2D eigenvalue weighted by atomic mass is 35.5. The van der Waals surface area contributed by atoms with Crippen LogP contribution in [-0.2, 0) is 9.59 Å². The molecule has 0 radical (unpaired) electrons. The van der Waals surface area contributed by atoms with Crippen LogP contribution in [0.15, 0.2) is 24.3 Å². The Hall–Kier alpha value is -1.63. The normalized spacial score (nSPS) is 15.7. The van der Waals surface area contributed by atoms with Gasteiger partial charge in [-0.2, -0.15) is 0 Å². The van der Waals surface area contributed by atoms with Gasteiger partial charge in [-0.15, -0.1) is 0 Å². The number of carboxylic acids is 1. The molecule has 1 aliphatic rings. The van der Waals surface area contributed by atoms with Crippen molar-refractivity contribution in [3.63, 3.8) is 0 Å². The van der Waals surface area contributed by atoms with E-state index in [-0.39, 0.29) is 19.0 Å². The van der Waals surface area contributed by atoms with E-state index in [2.05, 4.69) is 5.32 Å². The number of amides is 1. The minimum Gasteiger partial charge on any atom is -0.480 e. The van der Waals surface area contributed by atoms with E-state index in [1.165, 1.54) is 4.90 Å². The van der Waals surface area contributed by atoms with E-state index in [0.717, 1.165) is 26.2 Å². The Morgan fingerprint density at radius 3 is 2.67 bits per heavy atom. The summed E-state index contributed by atoms with van der Waals surface area (Å²) < 4.78 is 0. The van der Waals surface area contributed by atoms with Crippen LogP contribution >= 0.6 is 11.6 Å². The Kier molecular flexibility index (Phi) is 5.55. The minimum atomic E-state index is -1.05. The average molecular weight is 312 g/mol. The van der Waals surface area contributed by atoms with Gasteiger partial charge in [0.25, 0.3) is 0 Å². The molecule has 1 saturated heterocycles. The first-order valence-electron chi connectivity index (χ1n) is 6.77. The second-order valence-electron chi connectivity index (χ2n) is 4.88. The predicted molar refractivity (Wildman–Crippen MR) is 80.8 cm³/mol. The number of benzene rings is 1. The number of rotatable bonds is 5. The Balaban J connectivity index is 2.11. The number of aliphatic carboxylic acids is 1. The third-order valence-electron chi connectivity index (χ3n) is 3.28. The number of piperazine rings is 1. The highest BCUT2D eigenvalue weighted by Crippen LogP contribution is 2.19. The summed E-state index contributed by atoms with van der Waals surface area (Å²) in [5.74, 6) is -1.29. The number of anilines is 1. The van der Waals surface area contributed by atoms with Crippen LogP contribution in [0.1, 0.15) is 0 Å². The standard InChI is InChI=1S/C14H18ClN3O3/c15-11-2-1-3-12(8-11)18(10-14(20)21)13(19)9-17-6-4-16-5-7-17/h1-3,8,16H,4-7,9-10H2,(H,20,21). The molecule has 1 aromatic carbocycles. The van der Waals surface area contributed by atoms with Gasteiger partial charge in [0.1, 0.15) is 6.54 Å². The fraction of sp³-hybridized carbons (Fsp3) is 0.429.